The number of ether oxygens (including phenoxy) is 1. The molecule has 1 aliphatic heterocycles. The first kappa shape index (κ1) is 26.5. The number of nitrogens with zero attached hydrogens (tertiary/aromatic N) is 3. The minimum absolute atomic E-state index is 0.0315. The van der Waals surface area contributed by atoms with Crippen LogP contribution >= 0.6 is 11.3 Å². The summed E-state index contributed by atoms with van der Waals surface area (Å²) in [6.07, 6.45) is -2.04. The van der Waals surface area contributed by atoms with E-state index in [1.54, 1.807) is 19.1 Å². The van der Waals surface area contributed by atoms with Gasteiger partial charge in [-0.1, -0.05) is 23.5 Å². The van der Waals surface area contributed by atoms with Crippen molar-refractivity contribution in [3.63, 3.8) is 0 Å². The summed E-state index contributed by atoms with van der Waals surface area (Å²) in [6, 6.07) is 9.82. The summed E-state index contributed by atoms with van der Waals surface area (Å²) in [5.41, 5.74) is -0.805. The minimum atomic E-state index is -4.60. The summed E-state index contributed by atoms with van der Waals surface area (Å²) in [5, 5.41) is 8.84. The van der Waals surface area contributed by atoms with E-state index in [0.717, 1.165) is 23.3 Å². The van der Waals surface area contributed by atoms with Crippen molar-refractivity contribution in [3.8, 4) is 22.9 Å². The van der Waals surface area contributed by atoms with E-state index >= 15 is 0 Å². The van der Waals surface area contributed by atoms with Crippen molar-refractivity contribution in [2.45, 2.75) is 38.4 Å². The number of hydrogen-bond acceptors (Lipinski definition) is 8. The number of amides is 2. The van der Waals surface area contributed by atoms with Crippen molar-refractivity contribution < 1.29 is 27.5 Å². The van der Waals surface area contributed by atoms with E-state index in [0.29, 0.717) is 29.4 Å². The smallest absolute Gasteiger partial charge is 0.416 e. The van der Waals surface area contributed by atoms with Crippen LogP contribution < -0.4 is 20.7 Å². The molecule has 0 saturated carbocycles. The average Bonchev–Trinajstić information content (AvgIpc) is 3.50. The molecule has 4 aromatic rings. The lowest BCUT2D eigenvalue weighted by molar-refractivity contribution is -0.137. The maximum Gasteiger partial charge on any atom is 0.416 e. The fourth-order valence-electron chi connectivity index (χ4n) is 4.26. The summed E-state index contributed by atoms with van der Waals surface area (Å²) < 4.78 is 47.3. The number of para-hydroxylation sites is 1. The second-order valence-corrected chi connectivity index (χ2v) is 10.3. The van der Waals surface area contributed by atoms with Crippen LogP contribution in [0.4, 0.5) is 24.0 Å². The van der Waals surface area contributed by atoms with E-state index in [1.807, 2.05) is 6.07 Å². The lowest BCUT2D eigenvalue weighted by Crippen LogP contribution is -2.48. The summed E-state index contributed by atoms with van der Waals surface area (Å²) in [6.45, 7) is 3.74. The van der Waals surface area contributed by atoms with E-state index in [1.165, 1.54) is 36.7 Å². The Morgan fingerprint density at radius 3 is 2.67 bits per heavy atom. The van der Waals surface area contributed by atoms with Crippen LogP contribution in [0.1, 0.15) is 32.3 Å². The van der Waals surface area contributed by atoms with Crippen molar-refractivity contribution in [2.75, 3.05) is 17.2 Å². The van der Waals surface area contributed by atoms with Gasteiger partial charge in [0.2, 0.25) is 17.7 Å². The number of halogens is 3. The van der Waals surface area contributed by atoms with Gasteiger partial charge in [0, 0.05) is 18.6 Å². The number of carbonyl (C=O) groups excluding carboxylic acids is 2. The highest BCUT2D eigenvalue weighted by Crippen LogP contribution is 2.38. The number of aromatic nitrogens is 3. The number of alkyl halides is 3. The molecule has 39 heavy (non-hydrogen) atoms. The molecule has 2 aromatic carbocycles. The Labute approximate surface area is 224 Å². The van der Waals surface area contributed by atoms with E-state index in [4.69, 9.17) is 4.74 Å². The molecular weight excluding hydrogens is 533 g/mol. The van der Waals surface area contributed by atoms with Gasteiger partial charge in [0.15, 0.2) is 10.9 Å². The van der Waals surface area contributed by atoms with E-state index in [9.17, 15) is 22.8 Å². The van der Waals surface area contributed by atoms with Gasteiger partial charge in [-0.05, 0) is 50.6 Å². The highest BCUT2D eigenvalue weighted by molar-refractivity contribution is 7.22. The molecule has 1 fully saturated rings. The van der Waals surface area contributed by atoms with Crippen molar-refractivity contribution in [1.82, 2.24) is 20.3 Å². The van der Waals surface area contributed by atoms with Crippen LogP contribution in [0.2, 0.25) is 0 Å². The predicted molar refractivity (Wildman–Crippen MR) is 141 cm³/mol. The summed E-state index contributed by atoms with van der Waals surface area (Å²) in [7, 11) is 0. The van der Waals surface area contributed by atoms with E-state index in [-0.39, 0.29) is 28.7 Å². The molecule has 3 heterocycles. The zero-order valence-corrected chi connectivity index (χ0v) is 21.7. The zero-order valence-electron chi connectivity index (χ0n) is 20.8. The molecule has 0 radical (unpaired) electrons. The van der Waals surface area contributed by atoms with Crippen LogP contribution in [-0.4, -0.2) is 38.8 Å². The highest BCUT2D eigenvalue weighted by Gasteiger charge is 2.37. The fraction of sp³-hybridized carbons (Fsp3) is 0.269. The maximum atomic E-state index is 13.5. The molecule has 13 heteroatoms. The molecular formula is C26H23F3N6O3S. The van der Waals surface area contributed by atoms with Gasteiger partial charge in [0.25, 0.3) is 0 Å². The third-order valence-corrected chi connectivity index (χ3v) is 7.20. The van der Waals surface area contributed by atoms with Crippen LogP contribution in [-0.2, 0) is 15.8 Å². The SMILES string of the molecule is CC(=O)Nc1nc2c(Oc3cc(-c4ccc(C(F)(F)F)cc4NC(=O)C4(C)CCCN4)ncn3)cccc2s1. The van der Waals surface area contributed by atoms with Gasteiger partial charge in [-0.25, -0.2) is 15.0 Å². The standard InChI is InChI=1S/C26H23F3N6O3S/c1-14(36)33-24-35-22-19(5-3-6-20(22)39-24)38-21-12-17(30-13-31-21)16-8-7-15(26(27,28)29)11-18(16)34-23(37)25(2)9-4-10-32-25/h3,5-8,11-13,32H,4,9-10H2,1-2H3,(H,34,37)(H,33,35,36). The quantitative estimate of drug-likeness (QED) is 0.283. The van der Waals surface area contributed by atoms with E-state index < -0.39 is 23.2 Å². The van der Waals surface area contributed by atoms with Gasteiger partial charge >= 0.3 is 6.18 Å². The minimum Gasteiger partial charge on any atom is -0.437 e. The first-order chi connectivity index (χ1) is 18.5. The third-order valence-electron chi connectivity index (χ3n) is 6.26. The Kier molecular flexibility index (Phi) is 6.95. The van der Waals surface area contributed by atoms with Crippen LogP contribution in [0.25, 0.3) is 21.5 Å². The Bertz CT molecular complexity index is 1570. The molecule has 1 atom stereocenters. The Hall–Kier alpha value is -4.10. The maximum absolute atomic E-state index is 13.5. The van der Waals surface area contributed by atoms with Gasteiger partial charge < -0.3 is 20.7 Å². The molecule has 0 spiro atoms. The summed E-state index contributed by atoms with van der Waals surface area (Å²) in [4.78, 5) is 37.2. The second-order valence-electron chi connectivity index (χ2n) is 9.22. The number of carbonyl (C=O) groups is 2. The molecule has 2 aromatic heterocycles. The van der Waals surface area contributed by atoms with Gasteiger partial charge in [-0.15, -0.1) is 0 Å². The summed E-state index contributed by atoms with van der Waals surface area (Å²) in [5.74, 6) is -0.209. The molecule has 1 aliphatic rings. The molecule has 0 aliphatic carbocycles. The number of benzene rings is 2. The van der Waals surface area contributed by atoms with Crippen LogP contribution in [0, 0.1) is 0 Å². The normalized spacial score (nSPS) is 17.3. The predicted octanol–water partition coefficient (Wildman–Crippen LogP) is 5.60. The van der Waals surface area contributed by atoms with Crippen molar-refractivity contribution >= 4 is 44.2 Å². The summed E-state index contributed by atoms with van der Waals surface area (Å²) >= 11 is 1.28. The van der Waals surface area contributed by atoms with E-state index in [2.05, 4.69) is 30.9 Å². The zero-order chi connectivity index (χ0) is 27.8. The lowest BCUT2D eigenvalue weighted by atomic mass is 9.98. The number of thiazole rings is 1. The van der Waals surface area contributed by atoms with Crippen LogP contribution in [0.3, 0.4) is 0 Å². The fourth-order valence-corrected chi connectivity index (χ4v) is 5.19. The lowest BCUT2D eigenvalue weighted by Gasteiger charge is -2.24. The molecule has 1 unspecified atom stereocenters. The largest absolute Gasteiger partial charge is 0.437 e. The molecule has 5 rings (SSSR count). The molecule has 1 saturated heterocycles. The number of rotatable bonds is 6. The van der Waals surface area contributed by atoms with Crippen molar-refractivity contribution in [3.05, 3.63) is 54.4 Å². The van der Waals surface area contributed by atoms with Crippen LogP contribution in [0.5, 0.6) is 11.6 Å². The van der Waals surface area contributed by atoms with Gasteiger partial charge in [-0.3, -0.25) is 9.59 Å². The topological polar surface area (TPSA) is 118 Å². The van der Waals surface area contributed by atoms with Crippen molar-refractivity contribution in [2.24, 2.45) is 0 Å². The van der Waals surface area contributed by atoms with Gasteiger partial charge in [-0.2, -0.15) is 13.2 Å². The second kappa shape index (κ2) is 10.2. The van der Waals surface area contributed by atoms with Crippen molar-refractivity contribution in [1.29, 1.82) is 0 Å². The number of hydrogen-bond donors (Lipinski definition) is 3. The number of fused-ring (bicyclic) bond motifs is 1. The van der Waals surface area contributed by atoms with Crippen LogP contribution in [0.15, 0.2) is 48.8 Å². The average molecular weight is 557 g/mol. The molecule has 9 nitrogen and oxygen atoms in total. The molecule has 2 amide bonds. The molecule has 0 bridgehead atoms. The Morgan fingerprint density at radius 1 is 1.13 bits per heavy atom. The molecule has 3 N–H and O–H groups in total. The number of anilines is 2. The highest BCUT2D eigenvalue weighted by atomic mass is 32.1. The Balaban J connectivity index is 1.49. The molecule has 202 valence electrons. The first-order valence-corrected chi connectivity index (χ1v) is 12.8. The number of nitrogens with one attached hydrogen (secondary N) is 3. The monoisotopic (exact) mass is 556 g/mol. The Morgan fingerprint density at radius 2 is 1.95 bits per heavy atom. The third kappa shape index (κ3) is 5.68. The van der Waals surface area contributed by atoms with Gasteiger partial charge in [0.1, 0.15) is 11.8 Å². The van der Waals surface area contributed by atoms with Gasteiger partial charge in [0.05, 0.1) is 27.2 Å². The first-order valence-electron chi connectivity index (χ1n) is 12.0.